The Bertz CT molecular complexity index is 1040. The number of amides is 1. The number of β-amino-alcohol motifs (C(OH)–C–C–N with tert-alkyl or cyclic N) is 1. The molecule has 0 spiro atoms. The van der Waals surface area contributed by atoms with Crippen molar-refractivity contribution in [1.29, 1.82) is 0 Å². The Labute approximate surface area is 204 Å². The standard InChI is InChI=1S/C27H33F2N3O3/c28-27(29)14-20-8-7-19(13-21(20)15-27)18-5-3-17(4-6-18)12-23-25(24(33)16-32-23)35-26(34)31-11-9-22-2-1-10-30-22/h3-8,13,22-25,30,32-33H,1-2,9-12,14-16H2,(H,31,34)/t22-,23-,24+,25+/m1/s1. The average molecular weight is 486 g/mol. The average Bonchev–Trinajstić information content (AvgIpc) is 3.53. The van der Waals surface area contributed by atoms with Gasteiger partial charge in [0.05, 0.1) is 6.04 Å². The van der Waals surface area contributed by atoms with E-state index in [9.17, 15) is 18.7 Å². The molecule has 0 saturated carbocycles. The predicted molar refractivity (Wildman–Crippen MR) is 130 cm³/mol. The highest BCUT2D eigenvalue weighted by molar-refractivity contribution is 5.67. The number of rotatable bonds is 7. The van der Waals surface area contributed by atoms with Crippen molar-refractivity contribution in [2.75, 3.05) is 19.6 Å². The summed E-state index contributed by atoms with van der Waals surface area (Å²) < 4.78 is 33.0. The molecule has 2 heterocycles. The number of carbonyl (C=O) groups is 1. The Morgan fingerprint density at radius 2 is 1.86 bits per heavy atom. The van der Waals surface area contributed by atoms with Crippen LogP contribution in [0.15, 0.2) is 42.5 Å². The van der Waals surface area contributed by atoms with Gasteiger partial charge in [-0.05, 0) is 60.0 Å². The maximum atomic E-state index is 13.7. The van der Waals surface area contributed by atoms with E-state index in [0.29, 0.717) is 25.6 Å². The van der Waals surface area contributed by atoms with E-state index in [1.54, 1.807) is 6.07 Å². The van der Waals surface area contributed by atoms with Crippen molar-refractivity contribution in [3.05, 3.63) is 59.2 Å². The molecular formula is C27H33F2N3O3. The molecule has 5 rings (SSSR count). The number of aliphatic hydroxyl groups excluding tert-OH is 1. The van der Waals surface area contributed by atoms with E-state index < -0.39 is 24.2 Å². The van der Waals surface area contributed by atoms with Crippen molar-refractivity contribution in [1.82, 2.24) is 16.0 Å². The van der Waals surface area contributed by atoms with Gasteiger partial charge in [-0.25, -0.2) is 13.6 Å². The molecule has 0 radical (unpaired) electrons. The minimum atomic E-state index is -2.65. The summed E-state index contributed by atoms with van der Waals surface area (Å²) in [6.07, 6.45) is 1.49. The summed E-state index contributed by atoms with van der Waals surface area (Å²) in [5.41, 5.74) is 4.38. The highest BCUT2D eigenvalue weighted by Gasteiger charge is 2.38. The first-order chi connectivity index (χ1) is 16.9. The third-order valence-electron chi connectivity index (χ3n) is 7.38. The number of alkyl halides is 2. The summed E-state index contributed by atoms with van der Waals surface area (Å²) in [6.45, 7) is 1.94. The molecule has 0 bridgehead atoms. The normalized spacial score (nSPS) is 27.1. The molecule has 2 aliphatic heterocycles. The highest BCUT2D eigenvalue weighted by atomic mass is 19.3. The molecule has 188 valence electrons. The van der Waals surface area contributed by atoms with Crippen LogP contribution in [0.25, 0.3) is 11.1 Å². The van der Waals surface area contributed by atoms with Gasteiger partial charge in [0.25, 0.3) is 5.92 Å². The van der Waals surface area contributed by atoms with Crippen molar-refractivity contribution in [3.8, 4) is 11.1 Å². The molecule has 0 unspecified atom stereocenters. The fourth-order valence-electron chi connectivity index (χ4n) is 5.49. The minimum absolute atomic E-state index is 0.180. The van der Waals surface area contributed by atoms with Gasteiger partial charge in [0.1, 0.15) is 12.2 Å². The number of fused-ring (bicyclic) bond motifs is 1. The number of carbonyl (C=O) groups excluding carboxylic acids is 1. The topological polar surface area (TPSA) is 82.6 Å². The van der Waals surface area contributed by atoms with Crippen LogP contribution in [0.3, 0.4) is 0 Å². The number of hydrogen-bond acceptors (Lipinski definition) is 5. The SMILES string of the molecule is O=C(NCC[C@H]1CCCN1)O[C@@H]1[C@@H](O)CN[C@@H]1Cc1ccc(-c2ccc3c(c2)CC(F)(F)C3)cc1. The second-order valence-electron chi connectivity index (χ2n) is 10.1. The molecule has 2 saturated heterocycles. The highest BCUT2D eigenvalue weighted by Crippen LogP contribution is 2.36. The number of ether oxygens (including phenoxy) is 1. The fourth-order valence-corrected chi connectivity index (χ4v) is 5.49. The largest absolute Gasteiger partial charge is 0.442 e. The molecule has 8 heteroatoms. The Morgan fingerprint density at radius 1 is 1.09 bits per heavy atom. The van der Waals surface area contributed by atoms with E-state index in [2.05, 4.69) is 16.0 Å². The molecule has 2 aromatic carbocycles. The van der Waals surface area contributed by atoms with Crippen LogP contribution in [0.5, 0.6) is 0 Å². The smallest absolute Gasteiger partial charge is 0.407 e. The molecule has 4 atom stereocenters. The molecule has 2 fully saturated rings. The Hall–Kier alpha value is -2.55. The summed E-state index contributed by atoms with van der Waals surface area (Å²) in [4.78, 5) is 12.3. The molecule has 35 heavy (non-hydrogen) atoms. The second-order valence-corrected chi connectivity index (χ2v) is 10.1. The molecule has 2 aromatic rings. The van der Waals surface area contributed by atoms with Gasteiger partial charge in [0.15, 0.2) is 0 Å². The van der Waals surface area contributed by atoms with Crippen LogP contribution in [0.4, 0.5) is 13.6 Å². The number of halogens is 2. The van der Waals surface area contributed by atoms with E-state index in [1.807, 2.05) is 36.4 Å². The lowest BCUT2D eigenvalue weighted by Gasteiger charge is -2.22. The van der Waals surface area contributed by atoms with Crippen molar-refractivity contribution in [2.24, 2.45) is 0 Å². The summed E-state index contributed by atoms with van der Waals surface area (Å²) in [5.74, 6) is -2.65. The minimum Gasteiger partial charge on any atom is -0.442 e. The first-order valence-electron chi connectivity index (χ1n) is 12.5. The number of hydrogen-bond donors (Lipinski definition) is 4. The number of alkyl carbamates (subject to hydrolysis) is 1. The molecule has 6 nitrogen and oxygen atoms in total. The summed E-state index contributed by atoms with van der Waals surface area (Å²) in [7, 11) is 0. The van der Waals surface area contributed by atoms with Crippen LogP contribution in [0, 0.1) is 0 Å². The molecule has 1 amide bonds. The molecule has 3 aliphatic rings. The van der Waals surface area contributed by atoms with Gasteiger partial charge in [-0.15, -0.1) is 0 Å². The monoisotopic (exact) mass is 485 g/mol. The van der Waals surface area contributed by atoms with Crippen LogP contribution >= 0.6 is 0 Å². The van der Waals surface area contributed by atoms with E-state index in [4.69, 9.17) is 4.74 Å². The lowest BCUT2D eigenvalue weighted by Crippen LogP contribution is -2.42. The van der Waals surface area contributed by atoms with Gasteiger partial charge >= 0.3 is 6.09 Å². The Kier molecular flexibility index (Phi) is 7.05. The summed E-state index contributed by atoms with van der Waals surface area (Å²) in [5, 5.41) is 19.8. The molecular weight excluding hydrogens is 452 g/mol. The predicted octanol–water partition coefficient (Wildman–Crippen LogP) is 3.20. The molecule has 1 aliphatic carbocycles. The summed E-state index contributed by atoms with van der Waals surface area (Å²) >= 11 is 0. The van der Waals surface area contributed by atoms with Crippen molar-refractivity contribution in [3.63, 3.8) is 0 Å². The first-order valence-corrected chi connectivity index (χ1v) is 12.5. The zero-order valence-electron chi connectivity index (χ0n) is 19.7. The zero-order valence-corrected chi connectivity index (χ0v) is 19.7. The van der Waals surface area contributed by atoms with E-state index in [-0.39, 0.29) is 18.9 Å². The van der Waals surface area contributed by atoms with Gasteiger partial charge in [0, 0.05) is 32.0 Å². The van der Waals surface area contributed by atoms with Crippen molar-refractivity contribution in [2.45, 2.75) is 68.7 Å². The first kappa shape index (κ1) is 24.2. The van der Waals surface area contributed by atoms with Crippen LogP contribution in [-0.4, -0.2) is 61.0 Å². The van der Waals surface area contributed by atoms with Crippen molar-refractivity contribution < 1.29 is 23.4 Å². The van der Waals surface area contributed by atoms with Gasteiger partial charge in [0.2, 0.25) is 0 Å². The van der Waals surface area contributed by atoms with Gasteiger partial charge in [-0.3, -0.25) is 0 Å². The maximum absolute atomic E-state index is 13.7. The summed E-state index contributed by atoms with van der Waals surface area (Å²) in [6, 6.07) is 13.8. The van der Waals surface area contributed by atoms with E-state index in [0.717, 1.165) is 47.2 Å². The van der Waals surface area contributed by atoms with Gasteiger partial charge in [-0.2, -0.15) is 0 Å². The maximum Gasteiger partial charge on any atom is 0.407 e. The third kappa shape index (κ3) is 5.82. The number of aliphatic hydroxyl groups is 1. The number of nitrogens with one attached hydrogen (secondary N) is 3. The van der Waals surface area contributed by atoms with Crippen molar-refractivity contribution >= 4 is 6.09 Å². The van der Waals surface area contributed by atoms with Gasteiger partial charge in [-0.1, -0.05) is 42.5 Å². The fraction of sp³-hybridized carbons (Fsp3) is 0.519. The van der Waals surface area contributed by atoms with Crippen LogP contribution < -0.4 is 16.0 Å². The Morgan fingerprint density at radius 3 is 2.63 bits per heavy atom. The number of benzene rings is 2. The second kappa shape index (κ2) is 10.2. The molecule has 4 N–H and O–H groups in total. The lowest BCUT2D eigenvalue weighted by molar-refractivity contribution is 0.0130. The zero-order chi connectivity index (χ0) is 24.4. The van der Waals surface area contributed by atoms with E-state index >= 15 is 0 Å². The van der Waals surface area contributed by atoms with Gasteiger partial charge < -0.3 is 25.8 Å². The van der Waals surface area contributed by atoms with Crippen LogP contribution in [0.1, 0.15) is 36.0 Å². The quantitative estimate of drug-likeness (QED) is 0.484. The van der Waals surface area contributed by atoms with Crippen LogP contribution in [0.2, 0.25) is 0 Å². The Balaban J connectivity index is 1.16. The third-order valence-corrected chi connectivity index (χ3v) is 7.38. The lowest BCUT2D eigenvalue weighted by atomic mass is 9.97. The molecule has 0 aromatic heterocycles. The van der Waals surface area contributed by atoms with Crippen LogP contribution in [-0.2, 0) is 24.0 Å². The van der Waals surface area contributed by atoms with E-state index in [1.165, 1.54) is 6.42 Å².